The summed E-state index contributed by atoms with van der Waals surface area (Å²) in [6.45, 7) is 1.93. The van der Waals surface area contributed by atoms with E-state index in [4.69, 9.17) is 11.6 Å². The summed E-state index contributed by atoms with van der Waals surface area (Å²) >= 11 is 6.01. The van der Waals surface area contributed by atoms with Crippen LogP contribution in [0.25, 0.3) is 0 Å². The molecule has 0 heterocycles. The van der Waals surface area contributed by atoms with E-state index < -0.39 is 0 Å². The summed E-state index contributed by atoms with van der Waals surface area (Å²) in [5.74, 6) is 0.652. The summed E-state index contributed by atoms with van der Waals surface area (Å²) in [5, 5.41) is 4.39. The van der Waals surface area contributed by atoms with Crippen molar-refractivity contribution in [2.75, 3.05) is 6.54 Å². The van der Waals surface area contributed by atoms with Crippen LogP contribution in [0.4, 0.5) is 0 Å². The molecule has 104 valence electrons. The Balaban J connectivity index is 1.60. The topological polar surface area (TPSA) is 12.0 Å². The van der Waals surface area contributed by atoms with E-state index in [1.165, 1.54) is 36.0 Å². The smallest absolute Gasteiger partial charge is 0.0409 e. The number of halogens is 1. The summed E-state index contributed by atoms with van der Waals surface area (Å²) in [7, 11) is 0. The van der Waals surface area contributed by atoms with Gasteiger partial charge >= 0.3 is 0 Å². The van der Waals surface area contributed by atoms with Crippen LogP contribution >= 0.6 is 11.6 Å². The number of rotatable bonds is 4. The van der Waals surface area contributed by atoms with Gasteiger partial charge in [-0.3, -0.25) is 0 Å². The first-order chi connectivity index (χ1) is 9.83. The highest BCUT2D eigenvalue weighted by molar-refractivity contribution is 6.30. The Hall–Kier alpha value is -1.31. The molecule has 0 fully saturated rings. The van der Waals surface area contributed by atoms with Crippen LogP contribution in [0.3, 0.4) is 0 Å². The number of nitrogens with one attached hydrogen (secondary N) is 1. The second-order valence-corrected chi connectivity index (χ2v) is 5.99. The van der Waals surface area contributed by atoms with Crippen LogP contribution in [0.5, 0.6) is 0 Å². The molecule has 0 amide bonds. The van der Waals surface area contributed by atoms with Gasteiger partial charge in [0.15, 0.2) is 0 Å². The van der Waals surface area contributed by atoms with Crippen molar-refractivity contribution < 1.29 is 0 Å². The Bertz CT molecular complexity index is 579. The van der Waals surface area contributed by atoms with Gasteiger partial charge in [-0.25, -0.2) is 0 Å². The van der Waals surface area contributed by atoms with Crippen LogP contribution in [0.15, 0.2) is 48.5 Å². The molecule has 1 aliphatic rings. The normalized spacial score (nSPS) is 17.8. The Morgan fingerprint density at radius 2 is 2.00 bits per heavy atom. The molecule has 1 unspecified atom stereocenters. The molecule has 2 heteroatoms. The lowest BCUT2D eigenvalue weighted by atomic mass is 9.83. The van der Waals surface area contributed by atoms with Crippen molar-refractivity contribution in [1.29, 1.82) is 0 Å². The molecule has 1 aliphatic carbocycles. The van der Waals surface area contributed by atoms with Gasteiger partial charge in [0.25, 0.3) is 0 Å². The molecular weight excluding hydrogens is 266 g/mol. The molecule has 0 bridgehead atoms. The minimum Gasteiger partial charge on any atom is -0.312 e. The van der Waals surface area contributed by atoms with E-state index >= 15 is 0 Å². The minimum atomic E-state index is 0.652. The Labute approximate surface area is 126 Å². The van der Waals surface area contributed by atoms with Crippen molar-refractivity contribution in [2.24, 2.45) is 0 Å². The van der Waals surface area contributed by atoms with Gasteiger partial charge in [0, 0.05) is 18.1 Å². The van der Waals surface area contributed by atoms with Crippen LogP contribution in [0.2, 0.25) is 5.02 Å². The van der Waals surface area contributed by atoms with Crippen molar-refractivity contribution in [3.05, 3.63) is 70.2 Å². The molecule has 2 aromatic carbocycles. The average molecular weight is 286 g/mol. The highest BCUT2D eigenvalue weighted by Crippen LogP contribution is 2.30. The molecular formula is C18H20ClN. The van der Waals surface area contributed by atoms with E-state index in [-0.39, 0.29) is 0 Å². The molecule has 3 rings (SSSR count). The zero-order valence-corrected chi connectivity index (χ0v) is 12.4. The van der Waals surface area contributed by atoms with Gasteiger partial charge in [0.1, 0.15) is 0 Å². The van der Waals surface area contributed by atoms with Gasteiger partial charge < -0.3 is 5.32 Å². The fraction of sp³-hybridized carbons (Fsp3) is 0.333. The van der Waals surface area contributed by atoms with Crippen molar-refractivity contribution in [2.45, 2.75) is 31.7 Å². The van der Waals surface area contributed by atoms with Crippen LogP contribution in [0.1, 0.15) is 35.4 Å². The van der Waals surface area contributed by atoms with E-state index in [2.05, 4.69) is 35.6 Å². The summed E-state index contributed by atoms with van der Waals surface area (Å²) < 4.78 is 0. The first kappa shape index (κ1) is 13.7. The molecule has 0 aliphatic heterocycles. The fourth-order valence-corrected chi connectivity index (χ4v) is 3.32. The first-order valence-corrected chi connectivity index (χ1v) is 7.74. The Morgan fingerprint density at radius 3 is 2.90 bits per heavy atom. The highest BCUT2D eigenvalue weighted by Gasteiger charge is 2.18. The van der Waals surface area contributed by atoms with Gasteiger partial charge in [-0.2, -0.15) is 0 Å². The molecule has 1 nitrogen and oxygen atoms in total. The number of fused-ring (bicyclic) bond motifs is 1. The highest BCUT2D eigenvalue weighted by atomic mass is 35.5. The fourth-order valence-electron chi connectivity index (χ4n) is 3.10. The summed E-state index contributed by atoms with van der Waals surface area (Å²) in [4.78, 5) is 0. The van der Waals surface area contributed by atoms with E-state index in [0.717, 1.165) is 18.1 Å². The van der Waals surface area contributed by atoms with Crippen LogP contribution in [-0.2, 0) is 13.0 Å². The summed E-state index contributed by atoms with van der Waals surface area (Å²) in [6.07, 6.45) is 3.83. The third-order valence-electron chi connectivity index (χ3n) is 4.10. The van der Waals surface area contributed by atoms with E-state index in [0.29, 0.717) is 5.92 Å². The molecule has 0 spiro atoms. The molecule has 0 saturated carbocycles. The van der Waals surface area contributed by atoms with Crippen LogP contribution < -0.4 is 5.32 Å². The maximum atomic E-state index is 6.01. The number of aryl methyl sites for hydroxylation is 1. The van der Waals surface area contributed by atoms with Gasteiger partial charge in [-0.1, -0.05) is 48.0 Å². The van der Waals surface area contributed by atoms with Crippen LogP contribution in [0, 0.1) is 0 Å². The second kappa shape index (κ2) is 6.43. The lowest BCUT2D eigenvalue weighted by molar-refractivity contribution is 0.507. The maximum absolute atomic E-state index is 6.01. The number of hydrogen-bond acceptors (Lipinski definition) is 1. The van der Waals surface area contributed by atoms with Crippen molar-refractivity contribution >= 4 is 11.6 Å². The molecule has 0 aromatic heterocycles. The average Bonchev–Trinajstić information content (AvgIpc) is 2.48. The van der Waals surface area contributed by atoms with Gasteiger partial charge in [0.2, 0.25) is 0 Å². The largest absolute Gasteiger partial charge is 0.312 e. The monoisotopic (exact) mass is 285 g/mol. The third-order valence-corrected chi connectivity index (χ3v) is 4.34. The van der Waals surface area contributed by atoms with Gasteiger partial charge in [-0.05, 0) is 54.0 Å². The summed E-state index contributed by atoms with van der Waals surface area (Å²) in [5.41, 5.74) is 4.33. The zero-order valence-electron chi connectivity index (χ0n) is 11.6. The van der Waals surface area contributed by atoms with Crippen LogP contribution in [-0.4, -0.2) is 6.54 Å². The lowest BCUT2D eigenvalue weighted by Crippen LogP contribution is -2.24. The quantitative estimate of drug-likeness (QED) is 0.869. The SMILES string of the molecule is Clc1cccc(CNCC2CCCc3ccccc32)c1. The second-order valence-electron chi connectivity index (χ2n) is 5.55. The van der Waals surface area contributed by atoms with Crippen molar-refractivity contribution in [1.82, 2.24) is 5.32 Å². The molecule has 0 radical (unpaired) electrons. The lowest BCUT2D eigenvalue weighted by Gasteiger charge is -2.25. The standard InChI is InChI=1S/C18H20ClN/c19-17-9-3-5-14(11-17)12-20-13-16-8-4-7-15-6-1-2-10-18(15)16/h1-3,5-6,9-11,16,20H,4,7-8,12-13H2. The number of hydrogen-bond donors (Lipinski definition) is 1. The van der Waals surface area contributed by atoms with E-state index in [1.807, 2.05) is 18.2 Å². The van der Waals surface area contributed by atoms with E-state index in [9.17, 15) is 0 Å². The predicted octanol–water partition coefficient (Wildman–Crippen LogP) is 4.55. The molecule has 2 aromatic rings. The Morgan fingerprint density at radius 1 is 1.10 bits per heavy atom. The molecule has 1 atom stereocenters. The van der Waals surface area contributed by atoms with Gasteiger partial charge in [-0.15, -0.1) is 0 Å². The molecule has 1 N–H and O–H groups in total. The maximum Gasteiger partial charge on any atom is 0.0409 e. The summed E-state index contributed by atoms with van der Waals surface area (Å²) in [6, 6.07) is 17.0. The zero-order chi connectivity index (χ0) is 13.8. The third kappa shape index (κ3) is 3.23. The molecule has 20 heavy (non-hydrogen) atoms. The number of benzene rings is 2. The Kier molecular flexibility index (Phi) is 4.39. The first-order valence-electron chi connectivity index (χ1n) is 7.36. The van der Waals surface area contributed by atoms with Crippen molar-refractivity contribution in [3.8, 4) is 0 Å². The van der Waals surface area contributed by atoms with Crippen molar-refractivity contribution in [3.63, 3.8) is 0 Å². The molecule has 0 saturated heterocycles. The predicted molar refractivity (Wildman–Crippen MR) is 85.3 cm³/mol. The van der Waals surface area contributed by atoms with E-state index in [1.54, 1.807) is 0 Å². The minimum absolute atomic E-state index is 0.652. The van der Waals surface area contributed by atoms with Gasteiger partial charge in [0.05, 0.1) is 0 Å².